The first-order chi connectivity index (χ1) is 10.4. The van der Waals surface area contributed by atoms with Crippen LogP contribution in [0.15, 0.2) is 43.0 Å². The van der Waals surface area contributed by atoms with Crippen LogP contribution >= 0.6 is 0 Å². The second-order valence-corrected chi connectivity index (χ2v) is 4.56. The molecule has 0 aliphatic carbocycles. The van der Waals surface area contributed by atoms with Gasteiger partial charge in [-0.2, -0.15) is 18.2 Å². The van der Waals surface area contributed by atoms with Gasteiger partial charge in [-0.15, -0.1) is 6.58 Å². The Labute approximate surface area is 126 Å². The van der Waals surface area contributed by atoms with E-state index in [1.807, 2.05) is 0 Å². The lowest BCUT2D eigenvalue weighted by Gasteiger charge is -2.14. The number of hydrogen-bond acceptors (Lipinski definition) is 4. The molecule has 116 valence electrons. The summed E-state index contributed by atoms with van der Waals surface area (Å²) >= 11 is 0. The molecule has 2 aromatic rings. The van der Waals surface area contributed by atoms with Crippen molar-refractivity contribution in [2.75, 3.05) is 17.2 Å². The minimum absolute atomic E-state index is 0.0877. The van der Waals surface area contributed by atoms with E-state index in [2.05, 4.69) is 27.2 Å². The van der Waals surface area contributed by atoms with Gasteiger partial charge in [0.15, 0.2) is 0 Å². The van der Waals surface area contributed by atoms with Crippen LogP contribution in [0.4, 0.5) is 30.6 Å². The molecule has 0 unspecified atom stereocenters. The van der Waals surface area contributed by atoms with Crippen molar-refractivity contribution in [2.24, 2.45) is 0 Å². The lowest BCUT2D eigenvalue weighted by Crippen LogP contribution is -2.10. The average molecular weight is 308 g/mol. The zero-order valence-corrected chi connectivity index (χ0v) is 11.9. The number of para-hydroxylation sites is 1. The molecule has 0 atom stereocenters. The number of aryl methyl sites for hydroxylation is 1. The van der Waals surface area contributed by atoms with Crippen molar-refractivity contribution >= 4 is 17.5 Å². The van der Waals surface area contributed by atoms with Crippen LogP contribution in [0, 0.1) is 6.92 Å². The molecule has 0 bridgehead atoms. The van der Waals surface area contributed by atoms with Crippen molar-refractivity contribution in [1.29, 1.82) is 0 Å². The Morgan fingerprint density at radius 2 is 1.95 bits per heavy atom. The molecular formula is C15H15F3N4. The van der Waals surface area contributed by atoms with Crippen LogP contribution < -0.4 is 10.6 Å². The molecule has 0 amide bonds. The highest BCUT2D eigenvalue weighted by Crippen LogP contribution is 2.35. The van der Waals surface area contributed by atoms with Crippen LogP contribution in [0.25, 0.3) is 0 Å². The molecule has 0 aliphatic rings. The fourth-order valence-corrected chi connectivity index (χ4v) is 1.85. The molecule has 2 N–H and O–H groups in total. The van der Waals surface area contributed by atoms with E-state index in [-0.39, 0.29) is 11.6 Å². The Balaban J connectivity index is 2.31. The standard InChI is InChI=1S/C15H15F3N4/c1-3-8-19-13-9-10(2)20-14(22-13)21-12-7-5-4-6-11(12)15(16,17)18/h3-7,9H,1,8H2,2H3,(H2,19,20,21,22). The minimum atomic E-state index is -4.45. The number of aromatic nitrogens is 2. The molecule has 1 aromatic heterocycles. The third-order valence-electron chi connectivity index (χ3n) is 2.76. The van der Waals surface area contributed by atoms with Crippen molar-refractivity contribution in [1.82, 2.24) is 9.97 Å². The number of benzene rings is 1. The Morgan fingerprint density at radius 1 is 1.23 bits per heavy atom. The fourth-order valence-electron chi connectivity index (χ4n) is 1.85. The van der Waals surface area contributed by atoms with E-state index in [1.165, 1.54) is 18.2 Å². The van der Waals surface area contributed by atoms with E-state index < -0.39 is 11.7 Å². The molecule has 0 spiro atoms. The molecule has 1 aromatic carbocycles. The zero-order chi connectivity index (χ0) is 16.2. The Morgan fingerprint density at radius 3 is 2.64 bits per heavy atom. The lowest BCUT2D eigenvalue weighted by molar-refractivity contribution is -0.136. The monoisotopic (exact) mass is 308 g/mol. The second-order valence-electron chi connectivity index (χ2n) is 4.56. The van der Waals surface area contributed by atoms with Gasteiger partial charge in [0.1, 0.15) is 5.82 Å². The average Bonchev–Trinajstić information content (AvgIpc) is 2.44. The summed E-state index contributed by atoms with van der Waals surface area (Å²) in [5.41, 5.74) is -0.218. The number of nitrogens with zero attached hydrogens (tertiary/aromatic N) is 2. The van der Waals surface area contributed by atoms with Gasteiger partial charge in [-0.05, 0) is 19.1 Å². The number of anilines is 3. The first-order valence-electron chi connectivity index (χ1n) is 6.54. The van der Waals surface area contributed by atoms with E-state index in [1.54, 1.807) is 19.1 Å². The molecule has 4 nitrogen and oxygen atoms in total. The maximum Gasteiger partial charge on any atom is 0.418 e. The normalized spacial score (nSPS) is 11.1. The summed E-state index contributed by atoms with van der Waals surface area (Å²) in [5.74, 6) is 0.614. The molecule has 0 fully saturated rings. The van der Waals surface area contributed by atoms with Gasteiger partial charge < -0.3 is 10.6 Å². The summed E-state index contributed by atoms with van der Waals surface area (Å²) in [4.78, 5) is 8.25. The number of rotatable bonds is 5. The Bertz CT molecular complexity index is 668. The highest BCUT2D eigenvalue weighted by Gasteiger charge is 2.33. The largest absolute Gasteiger partial charge is 0.418 e. The van der Waals surface area contributed by atoms with Crippen molar-refractivity contribution in [3.05, 3.63) is 54.2 Å². The highest BCUT2D eigenvalue weighted by molar-refractivity contribution is 5.60. The van der Waals surface area contributed by atoms with Crippen molar-refractivity contribution in [3.63, 3.8) is 0 Å². The summed E-state index contributed by atoms with van der Waals surface area (Å²) in [6.45, 7) is 5.81. The van der Waals surface area contributed by atoms with Crippen LogP contribution in [-0.4, -0.2) is 16.5 Å². The molecule has 22 heavy (non-hydrogen) atoms. The summed E-state index contributed by atoms with van der Waals surface area (Å²) in [6, 6.07) is 6.90. The minimum Gasteiger partial charge on any atom is -0.366 e. The van der Waals surface area contributed by atoms with Crippen LogP contribution in [0.1, 0.15) is 11.3 Å². The van der Waals surface area contributed by atoms with Gasteiger partial charge >= 0.3 is 6.18 Å². The van der Waals surface area contributed by atoms with Crippen LogP contribution in [0.2, 0.25) is 0 Å². The first kappa shape index (κ1) is 15.8. The van der Waals surface area contributed by atoms with Gasteiger partial charge in [-0.1, -0.05) is 18.2 Å². The number of nitrogens with one attached hydrogen (secondary N) is 2. The summed E-state index contributed by atoms with van der Waals surface area (Å²) in [6.07, 6.45) is -2.79. The van der Waals surface area contributed by atoms with Crippen LogP contribution in [0.5, 0.6) is 0 Å². The van der Waals surface area contributed by atoms with E-state index >= 15 is 0 Å². The summed E-state index contributed by atoms with van der Waals surface area (Å²) in [5, 5.41) is 5.60. The third kappa shape index (κ3) is 3.97. The maximum atomic E-state index is 13.0. The van der Waals surface area contributed by atoms with Crippen molar-refractivity contribution in [2.45, 2.75) is 13.1 Å². The van der Waals surface area contributed by atoms with Crippen LogP contribution in [-0.2, 0) is 6.18 Å². The molecule has 0 radical (unpaired) electrons. The lowest BCUT2D eigenvalue weighted by atomic mass is 10.1. The highest BCUT2D eigenvalue weighted by atomic mass is 19.4. The molecule has 1 heterocycles. The quantitative estimate of drug-likeness (QED) is 0.815. The van der Waals surface area contributed by atoms with E-state index in [0.717, 1.165) is 6.07 Å². The van der Waals surface area contributed by atoms with Gasteiger partial charge in [0, 0.05) is 18.3 Å². The molecule has 0 saturated carbocycles. The molecule has 0 aliphatic heterocycles. The molecular weight excluding hydrogens is 293 g/mol. The third-order valence-corrected chi connectivity index (χ3v) is 2.76. The van der Waals surface area contributed by atoms with Gasteiger partial charge in [0.05, 0.1) is 11.3 Å². The van der Waals surface area contributed by atoms with Crippen molar-refractivity contribution in [3.8, 4) is 0 Å². The number of hydrogen-bond donors (Lipinski definition) is 2. The van der Waals surface area contributed by atoms with Crippen LogP contribution in [0.3, 0.4) is 0 Å². The Hall–Kier alpha value is -2.57. The summed E-state index contributed by atoms with van der Waals surface area (Å²) in [7, 11) is 0. The predicted molar refractivity (Wildman–Crippen MR) is 80.2 cm³/mol. The predicted octanol–water partition coefficient (Wildman–Crippen LogP) is 4.15. The topological polar surface area (TPSA) is 49.8 Å². The molecule has 2 rings (SSSR count). The van der Waals surface area contributed by atoms with E-state index in [9.17, 15) is 13.2 Å². The SMILES string of the molecule is C=CCNc1cc(C)nc(Nc2ccccc2C(F)(F)F)n1. The second kappa shape index (κ2) is 6.46. The zero-order valence-electron chi connectivity index (χ0n) is 11.9. The van der Waals surface area contributed by atoms with E-state index in [0.29, 0.717) is 18.1 Å². The first-order valence-corrected chi connectivity index (χ1v) is 6.54. The van der Waals surface area contributed by atoms with Crippen molar-refractivity contribution < 1.29 is 13.2 Å². The van der Waals surface area contributed by atoms with Gasteiger partial charge in [-0.3, -0.25) is 0 Å². The fraction of sp³-hybridized carbons (Fsp3) is 0.200. The Kier molecular flexibility index (Phi) is 4.65. The van der Waals surface area contributed by atoms with Gasteiger partial charge in [0.2, 0.25) is 5.95 Å². The van der Waals surface area contributed by atoms with E-state index in [4.69, 9.17) is 0 Å². The molecule has 7 heteroatoms. The smallest absolute Gasteiger partial charge is 0.366 e. The van der Waals surface area contributed by atoms with Gasteiger partial charge in [-0.25, -0.2) is 4.98 Å². The molecule has 0 saturated heterocycles. The number of alkyl halides is 3. The summed E-state index contributed by atoms with van der Waals surface area (Å²) < 4.78 is 38.9. The van der Waals surface area contributed by atoms with Gasteiger partial charge in [0.25, 0.3) is 0 Å². The number of halogens is 3. The maximum absolute atomic E-state index is 13.0.